The van der Waals surface area contributed by atoms with Crippen molar-refractivity contribution in [2.75, 3.05) is 5.32 Å². The Bertz CT molecular complexity index is 537. The van der Waals surface area contributed by atoms with Crippen LogP contribution in [0.4, 0.5) is 5.69 Å². The Morgan fingerprint density at radius 1 is 1.06 bits per heavy atom. The highest BCUT2D eigenvalue weighted by atomic mass is 79.9. The van der Waals surface area contributed by atoms with Gasteiger partial charge in [-0.15, -0.1) is 0 Å². The van der Waals surface area contributed by atoms with Crippen LogP contribution >= 0.6 is 15.9 Å². The minimum Gasteiger partial charge on any atom is -0.322 e. The Kier molecular flexibility index (Phi) is 3.59. The lowest BCUT2D eigenvalue weighted by Gasteiger charge is -2.08. The number of hydrogen-bond donors (Lipinski definition) is 1. The molecule has 0 heterocycles. The fraction of sp³-hybridized carbons (Fsp3) is 0.0714. The standard InChI is InChI=1S/C14H12BrNO/c1-10-12(8-5-9-13(10)15)14(17)16-11-6-3-2-4-7-11/h2-9H,1H3,(H,16,17). The van der Waals surface area contributed by atoms with Crippen LogP contribution in [0.25, 0.3) is 0 Å². The van der Waals surface area contributed by atoms with Gasteiger partial charge in [-0.3, -0.25) is 4.79 Å². The van der Waals surface area contributed by atoms with E-state index in [1.54, 1.807) is 0 Å². The summed E-state index contributed by atoms with van der Waals surface area (Å²) >= 11 is 3.42. The lowest BCUT2D eigenvalue weighted by Crippen LogP contribution is -2.13. The zero-order valence-corrected chi connectivity index (χ0v) is 11.0. The van der Waals surface area contributed by atoms with Crippen molar-refractivity contribution in [1.29, 1.82) is 0 Å². The fourth-order valence-electron chi connectivity index (χ4n) is 1.57. The number of halogens is 1. The smallest absolute Gasteiger partial charge is 0.255 e. The molecule has 86 valence electrons. The van der Waals surface area contributed by atoms with Crippen molar-refractivity contribution in [3.63, 3.8) is 0 Å². The summed E-state index contributed by atoms with van der Waals surface area (Å²) in [5.41, 5.74) is 2.43. The summed E-state index contributed by atoms with van der Waals surface area (Å²) in [6.07, 6.45) is 0. The maximum Gasteiger partial charge on any atom is 0.255 e. The van der Waals surface area contributed by atoms with Crippen molar-refractivity contribution >= 4 is 27.5 Å². The minimum absolute atomic E-state index is 0.0880. The molecule has 0 aliphatic carbocycles. The molecule has 1 N–H and O–H groups in total. The van der Waals surface area contributed by atoms with E-state index in [-0.39, 0.29) is 5.91 Å². The van der Waals surface area contributed by atoms with Gasteiger partial charge in [0.1, 0.15) is 0 Å². The van der Waals surface area contributed by atoms with Gasteiger partial charge in [0.15, 0.2) is 0 Å². The second-order valence-electron chi connectivity index (χ2n) is 3.73. The predicted octanol–water partition coefficient (Wildman–Crippen LogP) is 4.01. The van der Waals surface area contributed by atoms with Crippen LogP contribution < -0.4 is 5.32 Å². The third-order valence-corrected chi connectivity index (χ3v) is 3.40. The molecule has 2 aromatic carbocycles. The zero-order chi connectivity index (χ0) is 12.3. The van der Waals surface area contributed by atoms with Crippen molar-refractivity contribution in [1.82, 2.24) is 0 Å². The molecule has 1 amide bonds. The summed E-state index contributed by atoms with van der Waals surface area (Å²) in [7, 11) is 0. The first-order chi connectivity index (χ1) is 8.18. The van der Waals surface area contributed by atoms with Crippen LogP contribution in [-0.2, 0) is 0 Å². The third-order valence-electron chi connectivity index (χ3n) is 2.54. The van der Waals surface area contributed by atoms with Gasteiger partial charge < -0.3 is 5.32 Å². The Balaban J connectivity index is 2.24. The summed E-state index contributed by atoms with van der Waals surface area (Å²) in [4.78, 5) is 12.1. The number of carbonyl (C=O) groups is 1. The Labute approximate surface area is 109 Å². The molecule has 2 nitrogen and oxygen atoms in total. The van der Waals surface area contributed by atoms with Crippen LogP contribution in [0.1, 0.15) is 15.9 Å². The molecule has 0 spiro atoms. The van der Waals surface area contributed by atoms with E-state index in [1.807, 2.05) is 55.5 Å². The number of para-hydroxylation sites is 1. The number of hydrogen-bond acceptors (Lipinski definition) is 1. The van der Waals surface area contributed by atoms with Crippen molar-refractivity contribution in [2.45, 2.75) is 6.92 Å². The number of benzene rings is 2. The Morgan fingerprint density at radius 3 is 2.47 bits per heavy atom. The quantitative estimate of drug-likeness (QED) is 0.889. The number of amides is 1. The van der Waals surface area contributed by atoms with Crippen LogP contribution in [0.5, 0.6) is 0 Å². The van der Waals surface area contributed by atoms with E-state index >= 15 is 0 Å². The maximum absolute atomic E-state index is 12.1. The molecule has 0 bridgehead atoms. The molecule has 2 rings (SSSR count). The topological polar surface area (TPSA) is 29.1 Å². The molecule has 0 unspecified atom stereocenters. The normalized spacial score (nSPS) is 10.0. The Hall–Kier alpha value is -1.61. The van der Waals surface area contributed by atoms with E-state index in [2.05, 4.69) is 21.2 Å². The van der Waals surface area contributed by atoms with Gasteiger partial charge in [0.05, 0.1) is 0 Å². The van der Waals surface area contributed by atoms with Gasteiger partial charge in [-0.25, -0.2) is 0 Å². The van der Waals surface area contributed by atoms with E-state index in [4.69, 9.17) is 0 Å². The average Bonchev–Trinajstić information content (AvgIpc) is 2.34. The maximum atomic E-state index is 12.1. The van der Waals surface area contributed by atoms with E-state index in [0.717, 1.165) is 15.7 Å². The molecule has 0 aliphatic heterocycles. The van der Waals surface area contributed by atoms with Crippen LogP contribution in [0.15, 0.2) is 53.0 Å². The molecule has 0 radical (unpaired) electrons. The molecule has 0 fully saturated rings. The third kappa shape index (κ3) is 2.74. The van der Waals surface area contributed by atoms with E-state index in [9.17, 15) is 4.79 Å². The molecule has 17 heavy (non-hydrogen) atoms. The lowest BCUT2D eigenvalue weighted by atomic mass is 10.1. The summed E-state index contributed by atoms with van der Waals surface area (Å²) in [5.74, 6) is -0.0880. The first-order valence-corrected chi connectivity index (χ1v) is 6.09. The van der Waals surface area contributed by atoms with Gasteiger partial charge in [0, 0.05) is 15.7 Å². The molecule has 2 aromatic rings. The van der Waals surface area contributed by atoms with Crippen molar-refractivity contribution < 1.29 is 4.79 Å². The van der Waals surface area contributed by atoms with Gasteiger partial charge in [0.2, 0.25) is 0 Å². The highest BCUT2D eigenvalue weighted by Gasteiger charge is 2.10. The van der Waals surface area contributed by atoms with Crippen molar-refractivity contribution in [3.8, 4) is 0 Å². The lowest BCUT2D eigenvalue weighted by molar-refractivity contribution is 0.102. The van der Waals surface area contributed by atoms with Gasteiger partial charge in [-0.1, -0.05) is 40.2 Å². The van der Waals surface area contributed by atoms with Gasteiger partial charge in [0.25, 0.3) is 5.91 Å². The summed E-state index contributed by atoms with van der Waals surface area (Å²) in [6.45, 7) is 1.92. The largest absolute Gasteiger partial charge is 0.322 e. The molecule has 0 saturated carbocycles. The molecule has 0 aliphatic rings. The van der Waals surface area contributed by atoms with Crippen molar-refractivity contribution in [2.24, 2.45) is 0 Å². The molecular formula is C14H12BrNO. The van der Waals surface area contributed by atoms with Crippen LogP contribution in [-0.4, -0.2) is 5.91 Å². The second kappa shape index (κ2) is 5.15. The summed E-state index contributed by atoms with van der Waals surface area (Å²) in [6, 6.07) is 15.0. The number of rotatable bonds is 2. The van der Waals surface area contributed by atoms with Crippen LogP contribution in [0, 0.1) is 6.92 Å². The Morgan fingerprint density at radius 2 is 1.76 bits per heavy atom. The van der Waals surface area contributed by atoms with E-state index in [0.29, 0.717) is 5.56 Å². The van der Waals surface area contributed by atoms with E-state index in [1.165, 1.54) is 0 Å². The van der Waals surface area contributed by atoms with Gasteiger partial charge >= 0.3 is 0 Å². The first-order valence-electron chi connectivity index (χ1n) is 5.30. The summed E-state index contributed by atoms with van der Waals surface area (Å²) in [5, 5.41) is 2.87. The van der Waals surface area contributed by atoms with E-state index < -0.39 is 0 Å². The minimum atomic E-state index is -0.0880. The highest BCUT2D eigenvalue weighted by molar-refractivity contribution is 9.10. The number of carbonyl (C=O) groups excluding carboxylic acids is 1. The second-order valence-corrected chi connectivity index (χ2v) is 4.59. The molecule has 0 atom stereocenters. The summed E-state index contributed by atoms with van der Waals surface area (Å²) < 4.78 is 0.943. The molecule has 0 saturated heterocycles. The average molecular weight is 290 g/mol. The monoisotopic (exact) mass is 289 g/mol. The van der Waals surface area contributed by atoms with Gasteiger partial charge in [-0.05, 0) is 36.8 Å². The van der Waals surface area contributed by atoms with Crippen LogP contribution in [0.2, 0.25) is 0 Å². The molecular weight excluding hydrogens is 278 g/mol. The fourth-order valence-corrected chi connectivity index (χ4v) is 1.94. The number of nitrogens with one attached hydrogen (secondary N) is 1. The van der Waals surface area contributed by atoms with Crippen molar-refractivity contribution in [3.05, 3.63) is 64.1 Å². The zero-order valence-electron chi connectivity index (χ0n) is 9.41. The SMILES string of the molecule is Cc1c(Br)cccc1C(=O)Nc1ccccc1. The molecule has 3 heteroatoms. The first kappa shape index (κ1) is 11.9. The van der Waals surface area contributed by atoms with Crippen LogP contribution in [0.3, 0.4) is 0 Å². The van der Waals surface area contributed by atoms with Gasteiger partial charge in [-0.2, -0.15) is 0 Å². The predicted molar refractivity (Wildman–Crippen MR) is 73.3 cm³/mol. The highest BCUT2D eigenvalue weighted by Crippen LogP contribution is 2.20. The molecule has 0 aromatic heterocycles. The number of anilines is 1.